The SMILES string of the molecule is CCCCOC(=O)CC[C@H](NC(=O)[C@H](C)NC(=O)[C@@H](CC(C)C)NC(=O)OC(C)(C)C)C(=O)Nc1ccc(CO)cc1. The molecule has 0 radical (unpaired) electrons. The van der Waals surface area contributed by atoms with E-state index in [0.717, 1.165) is 6.42 Å². The second-order valence-electron chi connectivity index (χ2n) is 11.6. The molecule has 3 atom stereocenters. The predicted octanol–water partition coefficient (Wildman–Crippen LogP) is 3.17. The molecular formula is C30H48N4O8. The number of rotatable bonds is 16. The highest BCUT2D eigenvalue weighted by molar-refractivity contribution is 5.99. The Balaban J connectivity index is 2.94. The maximum atomic E-state index is 13.1. The summed E-state index contributed by atoms with van der Waals surface area (Å²) in [6.07, 6.45) is 0.984. The zero-order valence-corrected chi connectivity index (χ0v) is 25.9. The number of carbonyl (C=O) groups excluding carboxylic acids is 5. The highest BCUT2D eigenvalue weighted by Crippen LogP contribution is 2.13. The Hall–Kier alpha value is -3.67. The van der Waals surface area contributed by atoms with Gasteiger partial charge in [0.25, 0.3) is 0 Å². The standard InChI is InChI=1S/C30H48N4O8/c1-8-9-16-41-25(36)15-14-23(27(38)32-22-12-10-21(18-35)11-13-22)33-26(37)20(4)31-28(39)24(17-19(2)3)34-29(40)42-30(5,6)7/h10-13,19-20,23-24,35H,8-9,14-18H2,1-7H3,(H,31,39)(H,32,38)(H,33,37)(H,34,40)/t20-,23-,24+/m0/s1. The molecule has 0 fully saturated rings. The van der Waals surface area contributed by atoms with E-state index in [-0.39, 0.29) is 32.0 Å². The summed E-state index contributed by atoms with van der Waals surface area (Å²) in [4.78, 5) is 63.7. The average Bonchev–Trinajstić information content (AvgIpc) is 2.89. The summed E-state index contributed by atoms with van der Waals surface area (Å²) in [7, 11) is 0. The highest BCUT2D eigenvalue weighted by Gasteiger charge is 2.29. The van der Waals surface area contributed by atoms with Gasteiger partial charge in [0.2, 0.25) is 17.7 Å². The van der Waals surface area contributed by atoms with Crippen LogP contribution in [0.5, 0.6) is 0 Å². The number of carbonyl (C=O) groups is 5. The van der Waals surface area contributed by atoms with E-state index in [9.17, 15) is 29.1 Å². The van der Waals surface area contributed by atoms with Crippen LogP contribution < -0.4 is 21.3 Å². The molecule has 0 aliphatic heterocycles. The van der Waals surface area contributed by atoms with E-state index in [1.165, 1.54) is 6.92 Å². The first-order valence-electron chi connectivity index (χ1n) is 14.4. The van der Waals surface area contributed by atoms with E-state index < -0.39 is 53.5 Å². The Morgan fingerprint density at radius 1 is 0.881 bits per heavy atom. The number of hydrogen-bond acceptors (Lipinski definition) is 8. The molecule has 0 aliphatic carbocycles. The van der Waals surface area contributed by atoms with Gasteiger partial charge in [0.15, 0.2) is 0 Å². The number of unbranched alkanes of at least 4 members (excludes halogenated alkanes) is 1. The van der Waals surface area contributed by atoms with E-state index >= 15 is 0 Å². The van der Waals surface area contributed by atoms with Gasteiger partial charge in [-0.2, -0.15) is 0 Å². The minimum atomic E-state index is -1.11. The molecular weight excluding hydrogens is 544 g/mol. The summed E-state index contributed by atoms with van der Waals surface area (Å²) in [6.45, 7) is 12.4. The highest BCUT2D eigenvalue weighted by atomic mass is 16.6. The number of esters is 1. The molecule has 0 unspecified atom stereocenters. The molecule has 4 amide bonds. The second kappa shape index (κ2) is 18.0. The third-order valence-corrected chi connectivity index (χ3v) is 5.90. The number of aliphatic hydroxyl groups excluding tert-OH is 1. The van der Waals surface area contributed by atoms with Crippen molar-refractivity contribution in [2.45, 2.75) is 111 Å². The topological polar surface area (TPSA) is 172 Å². The van der Waals surface area contributed by atoms with Crippen molar-refractivity contribution < 1.29 is 38.6 Å². The number of amides is 4. The van der Waals surface area contributed by atoms with Crippen molar-refractivity contribution in [3.05, 3.63) is 29.8 Å². The molecule has 236 valence electrons. The molecule has 0 aromatic heterocycles. The van der Waals surface area contributed by atoms with Gasteiger partial charge in [-0.15, -0.1) is 0 Å². The van der Waals surface area contributed by atoms with Crippen LogP contribution in [-0.2, 0) is 35.3 Å². The Bertz CT molecular complexity index is 1040. The van der Waals surface area contributed by atoms with Crippen LogP contribution in [0.3, 0.4) is 0 Å². The van der Waals surface area contributed by atoms with Gasteiger partial charge in [0.05, 0.1) is 13.2 Å². The fourth-order valence-corrected chi connectivity index (χ4v) is 3.69. The Morgan fingerprint density at radius 2 is 1.52 bits per heavy atom. The lowest BCUT2D eigenvalue weighted by Gasteiger charge is -2.26. The molecule has 42 heavy (non-hydrogen) atoms. The molecule has 12 heteroatoms. The van der Waals surface area contributed by atoms with Crippen LogP contribution in [0.2, 0.25) is 0 Å². The number of nitrogens with one attached hydrogen (secondary N) is 4. The summed E-state index contributed by atoms with van der Waals surface area (Å²) in [6, 6.07) is 3.37. The van der Waals surface area contributed by atoms with Gasteiger partial charge < -0.3 is 35.8 Å². The molecule has 0 aliphatic rings. The van der Waals surface area contributed by atoms with E-state index in [1.807, 2.05) is 20.8 Å². The average molecular weight is 593 g/mol. The van der Waals surface area contributed by atoms with Crippen LogP contribution in [0.4, 0.5) is 10.5 Å². The predicted molar refractivity (Wildman–Crippen MR) is 158 cm³/mol. The first-order valence-corrected chi connectivity index (χ1v) is 14.4. The van der Waals surface area contributed by atoms with Gasteiger partial charge in [-0.3, -0.25) is 19.2 Å². The quantitative estimate of drug-likeness (QED) is 0.144. The molecule has 1 rings (SSSR count). The minimum absolute atomic E-state index is 0.0336. The van der Waals surface area contributed by atoms with E-state index in [1.54, 1.807) is 45.0 Å². The van der Waals surface area contributed by atoms with Crippen LogP contribution >= 0.6 is 0 Å². The molecule has 1 aromatic carbocycles. The number of hydrogen-bond donors (Lipinski definition) is 5. The van der Waals surface area contributed by atoms with Crippen LogP contribution in [0, 0.1) is 5.92 Å². The summed E-state index contributed by atoms with van der Waals surface area (Å²) in [5.41, 5.74) is 0.344. The van der Waals surface area contributed by atoms with Gasteiger partial charge in [0, 0.05) is 12.1 Å². The summed E-state index contributed by atoms with van der Waals surface area (Å²) < 4.78 is 10.4. The summed E-state index contributed by atoms with van der Waals surface area (Å²) in [5.74, 6) is -2.24. The van der Waals surface area contributed by atoms with Crippen molar-refractivity contribution in [2.24, 2.45) is 5.92 Å². The van der Waals surface area contributed by atoms with Crippen molar-refractivity contribution in [1.29, 1.82) is 0 Å². The maximum absolute atomic E-state index is 13.1. The fraction of sp³-hybridized carbons (Fsp3) is 0.633. The third-order valence-electron chi connectivity index (χ3n) is 5.90. The monoisotopic (exact) mass is 592 g/mol. The zero-order chi connectivity index (χ0) is 31.9. The second-order valence-corrected chi connectivity index (χ2v) is 11.6. The van der Waals surface area contributed by atoms with Gasteiger partial charge in [0.1, 0.15) is 23.7 Å². The molecule has 0 saturated heterocycles. The lowest BCUT2D eigenvalue weighted by molar-refractivity contribution is -0.144. The molecule has 0 spiro atoms. The summed E-state index contributed by atoms with van der Waals surface area (Å²) >= 11 is 0. The van der Waals surface area contributed by atoms with Gasteiger partial charge in [-0.05, 0) is 70.6 Å². The normalized spacial score (nSPS) is 13.4. The lowest BCUT2D eigenvalue weighted by Crippen LogP contribution is -2.55. The number of anilines is 1. The minimum Gasteiger partial charge on any atom is -0.466 e. The van der Waals surface area contributed by atoms with E-state index in [0.29, 0.717) is 24.1 Å². The smallest absolute Gasteiger partial charge is 0.408 e. The lowest BCUT2D eigenvalue weighted by atomic mass is 10.0. The molecule has 12 nitrogen and oxygen atoms in total. The first-order chi connectivity index (χ1) is 19.6. The van der Waals surface area contributed by atoms with E-state index in [2.05, 4.69) is 21.3 Å². The molecule has 1 aromatic rings. The molecule has 0 saturated carbocycles. The van der Waals surface area contributed by atoms with Crippen molar-refractivity contribution in [2.75, 3.05) is 11.9 Å². The van der Waals surface area contributed by atoms with Gasteiger partial charge >= 0.3 is 12.1 Å². The van der Waals surface area contributed by atoms with Crippen molar-refractivity contribution in [3.63, 3.8) is 0 Å². The molecule has 0 heterocycles. The van der Waals surface area contributed by atoms with Crippen molar-refractivity contribution >= 4 is 35.5 Å². The van der Waals surface area contributed by atoms with Gasteiger partial charge in [-0.1, -0.05) is 39.3 Å². The largest absolute Gasteiger partial charge is 0.466 e. The number of ether oxygens (including phenoxy) is 2. The number of benzene rings is 1. The van der Waals surface area contributed by atoms with Crippen LogP contribution in [0.15, 0.2) is 24.3 Å². The first kappa shape index (κ1) is 36.4. The number of aliphatic hydroxyl groups is 1. The Kier molecular flexibility index (Phi) is 15.6. The third kappa shape index (κ3) is 14.8. The van der Waals surface area contributed by atoms with Crippen molar-refractivity contribution in [3.8, 4) is 0 Å². The molecule has 0 bridgehead atoms. The van der Waals surface area contributed by atoms with Crippen LogP contribution in [0.1, 0.15) is 86.1 Å². The summed E-state index contributed by atoms with van der Waals surface area (Å²) in [5, 5.41) is 19.7. The maximum Gasteiger partial charge on any atom is 0.408 e. The van der Waals surface area contributed by atoms with E-state index in [4.69, 9.17) is 9.47 Å². The van der Waals surface area contributed by atoms with Crippen LogP contribution in [0.25, 0.3) is 0 Å². The van der Waals surface area contributed by atoms with Crippen LogP contribution in [-0.4, -0.2) is 65.2 Å². The number of alkyl carbamates (subject to hydrolysis) is 1. The fourth-order valence-electron chi connectivity index (χ4n) is 3.69. The Morgan fingerprint density at radius 3 is 2.07 bits per heavy atom. The van der Waals surface area contributed by atoms with Crippen molar-refractivity contribution in [1.82, 2.24) is 16.0 Å². The van der Waals surface area contributed by atoms with Gasteiger partial charge in [-0.25, -0.2) is 4.79 Å². The molecule has 5 N–H and O–H groups in total. The zero-order valence-electron chi connectivity index (χ0n) is 25.9. The Labute approximate surface area is 248 Å².